The molecule has 0 bridgehead atoms. The Labute approximate surface area is 124 Å². The van der Waals surface area contributed by atoms with E-state index in [1.165, 1.54) is 0 Å². The highest BCUT2D eigenvalue weighted by atomic mass is 19.4. The van der Waals surface area contributed by atoms with Crippen LogP contribution in [0.2, 0.25) is 0 Å². The quantitative estimate of drug-likeness (QED) is 0.897. The van der Waals surface area contributed by atoms with Crippen molar-refractivity contribution in [3.63, 3.8) is 0 Å². The second kappa shape index (κ2) is 7.27. The first-order chi connectivity index (χ1) is 9.97. The number of likely N-dealkylation sites (tertiary alicyclic amines) is 1. The van der Waals surface area contributed by atoms with Gasteiger partial charge < -0.3 is 10.6 Å². The molecule has 2 rings (SSSR count). The number of alkyl halides is 3. The van der Waals surface area contributed by atoms with Crippen molar-refractivity contribution < 1.29 is 13.2 Å². The summed E-state index contributed by atoms with van der Waals surface area (Å²) in [7, 11) is 0. The van der Waals surface area contributed by atoms with Gasteiger partial charge >= 0.3 is 6.18 Å². The Hall–Kier alpha value is -1.07. The molecule has 118 valence electrons. The Bertz CT molecular complexity index is 411. The zero-order valence-corrected chi connectivity index (χ0v) is 12.1. The monoisotopic (exact) mass is 300 g/mol. The molecule has 5 heteroatoms. The Morgan fingerprint density at radius 2 is 1.76 bits per heavy atom. The predicted molar refractivity (Wildman–Crippen MR) is 77.8 cm³/mol. The highest BCUT2D eigenvalue weighted by Crippen LogP contribution is 2.34. The van der Waals surface area contributed by atoms with E-state index in [2.05, 4.69) is 4.90 Å². The smallest absolute Gasteiger partial charge is 0.324 e. The molecule has 0 amide bonds. The molecule has 0 radical (unpaired) electrons. The molecule has 1 aromatic carbocycles. The summed E-state index contributed by atoms with van der Waals surface area (Å²) in [5.74, 6) is -1.11. The van der Waals surface area contributed by atoms with Crippen molar-refractivity contribution in [2.45, 2.75) is 37.9 Å². The SMILES string of the molecule is NC(CCCN1CCC(C(F)(F)F)CC1)c1ccccc1. The van der Waals surface area contributed by atoms with E-state index in [4.69, 9.17) is 5.73 Å². The fraction of sp³-hybridized carbons (Fsp3) is 0.625. The van der Waals surface area contributed by atoms with Crippen LogP contribution in [0.25, 0.3) is 0 Å². The van der Waals surface area contributed by atoms with Crippen LogP contribution in [0.4, 0.5) is 13.2 Å². The average molecular weight is 300 g/mol. The third kappa shape index (κ3) is 5.00. The number of nitrogens with zero attached hydrogens (tertiary/aromatic N) is 1. The molecule has 0 saturated carbocycles. The maximum Gasteiger partial charge on any atom is 0.391 e. The van der Waals surface area contributed by atoms with Crippen LogP contribution in [-0.2, 0) is 0 Å². The van der Waals surface area contributed by atoms with Gasteiger partial charge in [0.1, 0.15) is 0 Å². The Balaban J connectivity index is 1.66. The minimum atomic E-state index is -4.03. The fourth-order valence-corrected chi connectivity index (χ4v) is 2.89. The standard InChI is InChI=1S/C16H23F3N2/c17-16(18,19)14-8-11-21(12-9-14)10-4-7-15(20)13-5-2-1-3-6-13/h1-3,5-6,14-15H,4,7-12,20H2. The second-order valence-electron chi connectivity index (χ2n) is 5.82. The molecule has 21 heavy (non-hydrogen) atoms. The van der Waals surface area contributed by atoms with Gasteiger partial charge in [0, 0.05) is 6.04 Å². The number of piperidine rings is 1. The molecule has 1 aliphatic rings. The van der Waals surface area contributed by atoms with Crippen LogP contribution in [0.15, 0.2) is 30.3 Å². The lowest BCUT2D eigenvalue weighted by Crippen LogP contribution is -2.39. The first kappa shape index (κ1) is 16.3. The maximum absolute atomic E-state index is 12.6. The molecule has 1 atom stereocenters. The highest BCUT2D eigenvalue weighted by molar-refractivity contribution is 5.18. The first-order valence-electron chi connectivity index (χ1n) is 7.56. The van der Waals surface area contributed by atoms with Crippen molar-refractivity contribution in [3.05, 3.63) is 35.9 Å². The van der Waals surface area contributed by atoms with E-state index in [0.717, 1.165) is 24.9 Å². The molecule has 1 heterocycles. The van der Waals surface area contributed by atoms with Gasteiger partial charge in [-0.1, -0.05) is 30.3 Å². The van der Waals surface area contributed by atoms with E-state index < -0.39 is 12.1 Å². The van der Waals surface area contributed by atoms with Gasteiger partial charge in [0.2, 0.25) is 0 Å². The summed E-state index contributed by atoms with van der Waals surface area (Å²) in [6.07, 6.45) is -1.78. The van der Waals surface area contributed by atoms with Crippen LogP contribution in [0.1, 0.15) is 37.3 Å². The molecule has 1 aromatic rings. The van der Waals surface area contributed by atoms with Crippen LogP contribution in [0, 0.1) is 5.92 Å². The average Bonchev–Trinajstić information content (AvgIpc) is 2.47. The van der Waals surface area contributed by atoms with Crippen LogP contribution in [-0.4, -0.2) is 30.7 Å². The van der Waals surface area contributed by atoms with E-state index >= 15 is 0 Å². The normalized spacial score (nSPS) is 19.6. The molecule has 2 N–H and O–H groups in total. The summed E-state index contributed by atoms with van der Waals surface area (Å²) in [5.41, 5.74) is 7.24. The maximum atomic E-state index is 12.6. The molecule has 0 spiro atoms. The minimum Gasteiger partial charge on any atom is -0.324 e. The third-order valence-corrected chi connectivity index (χ3v) is 4.27. The Morgan fingerprint density at radius 1 is 1.14 bits per heavy atom. The molecule has 0 aromatic heterocycles. The van der Waals surface area contributed by atoms with Crippen molar-refractivity contribution in [1.29, 1.82) is 0 Å². The number of rotatable bonds is 5. The van der Waals surface area contributed by atoms with E-state index in [9.17, 15) is 13.2 Å². The number of hydrogen-bond donors (Lipinski definition) is 1. The molecular formula is C16H23F3N2. The molecule has 1 unspecified atom stereocenters. The molecule has 1 aliphatic heterocycles. The third-order valence-electron chi connectivity index (χ3n) is 4.27. The molecule has 1 fully saturated rings. The van der Waals surface area contributed by atoms with E-state index in [-0.39, 0.29) is 18.9 Å². The summed E-state index contributed by atoms with van der Waals surface area (Å²) >= 11 is 0. The summed E-state index contributed by atoms with van der Waals surface area (Å²) in [5, 5.41) is 0. The number of halogens is 3. The van der Waals surface area contributed by atoms with E-state index in [0.29, 0.717) is 13.1 Å². The van der Waals surface area contributed by atoms with E-state index in [1.807, 2.05) is 30.3 Å². The van der Waals surface area contributed by atoms with Crippen molar-refractivity contribution in [1.82, 2.24) is 4.90 Å². The van der Waals surface area contributed by atoms with Gasteiger partial charge in [-0.15, -0.1) is 0 Å². The van der Waals surface area contributed by atoms with Crippen molar-refractivity contribution >= 4 is 0 Å². The number of benzene rings is 1. The van der Waals surface area contributed by atoms with E-state index in [1.54, 1.807) is 0 Å². The molecule has 0 aliphatic carbocycles. The lowest BCUT2D eigenvalue weighted by atomic mass is 9.96. The van der Waals surface area contributed by atoms with Gasteiger partial charge in [0.25, 0.3) is 0 Å². The zero-order valence-electron chi connectivity index (χ0n) is 12.1. The van der Waals surface area contributed by atoms with Gasteiger partial charge in [-0.2, -0.15) is 13.2 Å². The molecule has 1 saturated heterocycles. The van der Waals surface area contributed by atoms with Gasteiger partial charge in [-0.25, -0.2) is 0 Å². The highest BCUT2D eigenvalue weighted by Gasteiger charge is 2.40. The summed E-state index contributed by atoms with van der Waals surface area (Å²) < 4.78 is 37.7. The van der Waals surface area contributed by atoms with Gasteiger partial charge in [0.05, 0.1) is 5.92 Å². The largest absolute Gasteiger partial charge is 0.391 e. The van der Waals surface area contributed by atoms with Crippen LogP contribution < -0.4 is 5.73 Å². The Morgan fingerprint density at radius 3 is 2.33 bits per heavy atom. The minimum absolute atomic E-state index is 0.0129. The van der Waals surface area contributed by atoms with Gasteiger partial charge in [-0.3, -0.25) is 0 Å². The summed E-state index contributed by atoms with van der Waals surface area (Å²) in [6.45, 7) is 1.93. The lowest BCUT2D eigenvalue weighted by Gasteiger charge is -2.33. The second-order valence-corrected chi connectivity index (χ2v) is 5.82. The molecular weight excluding hydrogens is 277 g/mol. The Kier molecular flexibility index (Phi) is 5.65. The first-order valence-corrected chi connectivity index (χ1v) is 7.56. The van der Waals surface area contributed by atoms with Crippen molar-refractivity contribution in [3.8, 4) is 0 Å². The predicted octanol–water partition coefficient (Wildman–Crippen LogP) is 3.74. The van der Waals surface area contributed by atoms with Crippen molar-refractivity contribution in [2.75, 3.05) is 19.6 Å². The van der Waals surface area contributed by atoms with Gasteiger partial charge in [-0.05, 0) is 50.9 Å². The number of nitrogens with two attached hydrogens (primary N) is 1. The lowest BCUT2D eigenvalue weighted by molar-refractivity contribution is -0.185. The fourth-order valence-electron chi connectivity index (χ4n) is 2.89. The molecule has 2 nitrogen and oxygen atoms in total. The van der Waals surface area contributed by atoms with Crippen molar-refractivity contribution in [2.24, 2.45) is 11.7 Å². The summed E-state index contributed by atoms with van der Waals surface area (Å²) in [4.78, 5) is 2.12. The van der Waals surface area contributed by atoms with Gasteiger partial charge in [0.15, 0.2) is 0 Å². The number of hydrogen-bond acceptors (Lipinski definition) is 2. The topological polar surface area (TPSA) is 29.3 Å². The van der Waals surface area contributed by atoms with Crippen LogP contribution in [0.5, 0.6) is 0 Å². The summed E-state index contributed by atoms with van der Waals surface area (Å²) in [6, 6.07) is 9.94. The van der Waals surface area contributed by atoms with Crippen LogP contribution in [0.3, 0.4) is 0 Å². The van der Waals surface area contributed by atoms with Crippen LogP contribution >= 0.6 is 0 Å². The zero-order chi connectivity index (χ0) is 15.3.